The van der Waals surface area contributed by atoms with Gasteiger partial charge in [-0.3, -0.25) is 0 Å². The predicted molar refractivity (Wildman–Crippen MR) is 56.9 cm³/mol. The van der Waals surface area contributed by atoms with Crippen LogP contribution in [-0.4, -0.2) is 53.2 Å². The van der Waals surface area contributed by atoms with Crippen molar-refractivity contribution in [3.05, 3.63) is 0 Å². The van der Waals surface area contributed by atoms with Crippen LogP contribution in [0.4, 0.5) is 0 Å². The van der Waals surface area contributed by atoms with E-state index < -0.39 is 0 Å². The van der Waals surface area contributed by atoms with Crippen molar-refractivity contribution in [2.24, 2.45) is 0 Å². The first kappa shape index (κ1) is 16.8. The monoisotopic (exact) mass is 222 g/mol. The lowest BCUT2D eigenvalue weighted by molar-refractivity contribution is -0.146. The summed E-state index contributed by atoms with van der Waals surface area (Å²) in [6, 6.07) is 0. The molecule has 0 aromatic heterocycles. The fourth-order valence-corrected chi connectivity index (χ4v) is 0.577. The van der Waals surface area contributed by atoms with Crippen LogP contribution in [0.5, 0.6) is 0 Å². The number of esters is 1. The van der Waals surface area contributed by atoms with Gasteiger partial charge >= 0.3 is 5.97 Å². The van der Waals surface area contributed by atoms with Crippen LogP contribution in [0, 0.1) is 0 Å². The van der Waals surface area contributed by atoms with Crippen LogP contribution in [0.15, 0.2) is 0 Å². The van der Waals surface area contributed by atoms with E-state index in [0.717, 1.165) is 0 Å². The van der Waals surface area contributed by atoms with Gasteiger partial charge in [-0.05, 0) is 0 Å². The average molecular weight is 222 g/mol. The standard InChI is InChI=1S/C8H16O5.C2H6/c1-10-3-4-12-5-6-13-7-8(9)11-2;1-2/h3-7H2,1-2H3;1-2H3. The van der Waals surface area contributed by atoms with E-state index in [1.54, 1.807) is 7.11 Å². The number of hydrogen-bond donors (Lipinski definition) is 0. The Morgan fingerprint density at radius 3 is 2.00 bits per heavy atom. The van der Waals surface area contributed by atoms with Crippen LogP contribution in [-0.2, 0) is 23.7 Å². The quantitative estimate of drug-likeness (QED) is 0.450. The molecule has 0 aliphatic carbocycles. The zero-order valence-corrected chi connectivity index (χ0v) is 10.1. The molecule has 0 spiro atoms. The van der Waals surface area contributed by atoms with Gasteiger partial charge in [0.15, 0.2) is 0 Å². The van der Waals surface area contributed by atoms with Crippen LogP contribution < -0.4 is 0 Å². The second-order valence-corrected chi connectivity index (χ2v) is 2.23. The Morgan fingerprint density at radius 1 is 0.933 bits per heavy atom. The second-order valence-electron chi connectivity index (χ2n) is 2.23. The highest BCUT2D eigenvalue weighted by atomic mass is 16.6. The minimum Gasteiger partial charge on any atom is -0.467 e. The molecule has 5 heteroatoms. The van der Waals surface area contributed by atoms with Gasteiger partial charge in [-0.15, -0.1) is 0 Å². The predicted octanol–water partition coefficient (Wildman–Crippen LogP) is 0.865. The number of methoxy groups -OCH3 is 2. The maximum Gasteiger partial charge on any atom is 0.331 e. The minimum absolute atomic E-state index is 0.0237. The molecule has 0 saturated heterocycles. The Kier molecular flexibility index (Phi) is 17.7. The van der Waals surface area contributed by atoms with Crippen molar-refractivity contribution >= 4 is 5.97 Å². The van der Waals surface area contributed by atoms with Gasteiger partial charge in [0, 0.05) is 7.11 Å². The summed E-state index contributed by atoms with van der Waals surface area (Å²) in [5.74, 6) is -0.378. The molecule has 0 bridgehead atoms. The second kappa shape index (κ2) is 15.8. The number of ether oxygens (including phenoxy) is 4. The summed E-state index contributed by atoms with van der Waals surface area (Å²) in [4.78, 5) is 10.5. The van der Waals surface area contributed by atoms with Gasteiger partial charge in [0.05, 0.1) is 33.5 Å². The van der Waals surface area contributed by atoms with Crippen molar-refractivity contribution in [1.82, 2.24) is 0 Å². The lowest BCUT2D eigenvalue weighted by Gasteiger charge is -2.03. The van der Waals surface area contributed by atoms with E-state index in [-0.39, 0.29) is 12.6 Å². The Bertz CT molecular complexity index is 127. The highest BCUT2D eigenvalue weighted by Crippen LogP contribution is 1.81. The van der Waals surface area contributed by atoms with Crippen molar-refractivity contribution in [2.45, 2.75) is 13.8 Å². The van der Waals surface area contributed by atoms with E-state index in [0.29, 0.717) is 26.4 Å². The molecule has 0 unspecified atom stereocenters. The van der Waals surface area contributed by atoms with Crippen molar-refractivity contribution in [1.29, 1.82) is 0 Å². The average Bonchev–Trinajstić information content (AvgIpc) is 2.30. The molecule has 0 aliphatic heterocycles. The molecule has 0 aromatic carbocycles. The van der Waals surface area contributed by atoms with Crippen molar-refractivity contribution in [3.63, 3.8) is 0 Å². The SMILES string of the molecule is CC.COCCOCCOCC(=O)OC. The zero-order chi connectivity index (χ0) is 11.9. The van der Waals surface area contributed by atoms with Gasteiger partial charge in [0.25, 0.3) is 0 Å². The molecule has 0 aromatic rings. The molecule has 15 heavy (non-hydrogen) atoms. The Labute approximate surface area is 91.6 Å². The van der Waals surface area contributed by atoms with Crippen LogP contribution in [0.25, 0.3) is 0 Å². The van der Waals surface area contributed by atoms with Gasteiger partial charge < -0.3 is 18.9 Å². The third-order valence-corrected chi connectivity index (χ3v) is 1.25. The fourth-order valence-electron chi connectivity index (χ4n) is 0.577. The van der Waals surface area contributed by atoms with E-state index in [4.69, 9.17) is 14.2 Å². The molecule has 0 saturated carbocycles. The van der Waals surface area contributed by atoms with Crippen molar-refractivity contribution in [2.75, 3.05) is 47.3 Å². The zero-order valence-electron chi connectivity index (χ0n) is 10.1. The first-order chi connectivity index (χ1) is 7.31. The highest BCUT2D eigenvalue weighted by Gasteiger charge is 1.98. The lowest BCUT2D eigenvalue weighted by atomic mass is 10.7. The van der Waals surface area contributed by atoms with Gasteiger partial charge in [-0.2, -0.15) is 0 Å². The summed E-state index contributed by atoms with van der Waals surface area (Å²) in [5, 5.41) is 0. The normalized spacial score (nSPS) is 9.07. The van der Waals surface area contributed by atoms with E-state index in [1.165, 1.54) is 7.11 Å². The number of carbonyl (C=O) groups excluding carboxylic acids is 1. The molecular weight excluding hydrogens is 200 g/mol. The molecule has 0 aliphatic rings. The Balaban J connectivity index is 0. The molecule has 0 fully saturated rings. The Morgan fingerprint density at radius 2 is 1.47 bits per heavy atom. The maximum atomic E-state index is 10.5. The summed E-state index contributed by atoms with van der Waals surface area (Å²) in [6.45, 7) is 5.93. The number of carbonyl (C=O) groups is 1. The molecule has 0 atom stereocenters. The lowest BCUT2D eigenvalue weighted by Crippen LogP contribution is -2.14. The molecule has 0 amide bonds. The van der Waals surface area contributed by atoms with E-state index in [2.05, 4.69) is 4.74 Å². The van der Waals surface area contributed by atoms with Gasteiger partial charge in [-0.25, -0.2) is 4.79 Å². The summed E-state index contributed by atoms with van der Waals surface area (Å²) in [7, 11) is 2.93. The van der Waals surface area contributed by atoms with Crippen LogP contribution in [0.3, 0.4) is 0 Å². The molecule has 0 rings (SSSR count). The largest absolute Gasteiger partial charge is 0.467 e. The van der Waals surface area contributed by atoms with E-state index >= 15 is 0 Å². The molecule has 5 nitrogen and oxygen atoms in total. The summed E-state index contributed by atoms with van der Waals surface area (Å²) >= 11 is 0. The van der Waals surface area contributed by atoms with Gasteiger partial charge in [0.1, 0.15) is 6.61 Å². The third-order valence-electron chi connectivity index (χ3n) is 1.25. The molecule has 0 radical (unpaired) electrons. The number of hydrogen-bond acceptors (Lipinski definition) is 5. The minimum atomic E-state index is -0.378. The van der Waals surface area contributed by atoms with E-state index in [1.807, 2.05) is 13.8 Å². The smallest absolute Gasteiger partial charge is 0.331 e. The fraction of sp³-hybridized carbons (Fsp3) is 0.900. The summed E-state index contributed by atoms with van der Waals surface area (Å²) < 4.78 is 19.1. The topological polar surface area (TPSA) is 54.0 Å². The van der Waals surface area contributed by atoms with Crippen molar-refractivity contribution in [3.8, 4) is 0 Å². The van der Waals surface area contributed by atoms with Gasteiger partial charge in [0.2, 0.25) is 0 Å². The van der Waals surface area contributed by atoms with Crippen LogP contribution in [0.1, 0.15) is 13.8 Å². The third kappa shape index (κ3) is 16.1. The van der Waals surface area contributed by atoms with Gasteiger partial charge in [-0.1, -0.05) is 13.8 Å². The first-order valence-corrected chi connectivity index (χ1v) is 5.02. The molecule has 0 heterocycles. The highest BCUT2D eigenvalue weighted by molar-refractivity contribution is 5.70. The van der Waals surface area contributed by atoms with Crippen molar-refractivity contribution < 1.29 is 23.7 Å². The molecule has 92 valence electrons. The maximum absolute atomic E-state index is 10.5. The number of rotatable bonds is 8. The summed E-state index contributed by atoms with van der Waals surface area (Å²) in [5.41, 5.74) is 0. The van der Waals surface area contributed by atoms with Crippen LogP contribution in [0.2, 0.25) is 0 Å². The van der Waals surface area contributed by atoms with E-state index in [9.17, 15) is 4.79 Å². The summed E-state index contributed by atoms with van der Waals surface area (Å²) in [6.07, 6.45) is 0. The molecule has 0 N–H and O–H groups in total. The molecular formula is C10H22O5. The first-order valence-electron chi connectivity index (χ1n) is 5.02. The Hall–Kier alpha value is -0.650. The van der Waals surface area contributed by atoms with Crippen LogP contribution >= 0.6 is 0 Å².